The SMILES string of the molecule is COc1ccc2c(c1)CC[C@@H]1[C@@H]2CC[C@@]2(C)[C@H]1CC[C@H]2N(C)c1cccc(O)c1. The van der Waals surface area contributed by atoms with E-state index in [2.05, 4.69) is 43.1 Å². The molecule has 0 aromatic heterocycles. The van der Waals surface area contributed by atoms with Crippen LogP contribution in [0, 0.1) is 17.3 Å². The monoisotopic (exact) mass is 391 g/mol. The number of methoxy groups -OCH3 is 1. The summed E-state index contributed by atoms with van der Waals surface area (Å²) in [6, 6.07) is 15.1. The molecule has 0 bridgehead atoms. The summed E-state index contributed by atoms with van der Waals surface area (Å²) in [6.45, 7) is 2.55. The molecule has 0 saturated heterocycles. The Bertz CT molecular complexity index is 909. The highest BCUT2D eigenvalue weighted by molar-refractivity contribution is 5.51. The lowest BCUT2D eigenvalue weighted by atomic mass is 9.55. The van der Waals surface area contributed by atoms with Crippen LogP contribution in [0.5, 0.6) is 11.5 Å². The average Bonchev–Trinajstić information content (AvgIpc) is 3.09. The standard InChI is InChI=1S/C26H33NO2/c1-26-14-13-22-21-10-8-20(29-3)15-17(21)7-9-23(22)24(26)11-12-25(26)27(2)18-5-4-6-19(28)16-18/h4-6,8,10,15-16,22-25,28H,7,9,11-14H2,1-3H3/t22-,23-,24+,25-,26+/m1/s1. The van der Waals surface area contributed by atoms with E-state index in [9.17, 15) is 5.11 Å². The smallest absolute Gasteiger partial charge is 0.119 e. The zero-order chi connectivity index (χ0) is 20.2. The van der Waals surface area contributed by atoms with Crippen LogP contribution in [0.2, 0.25) is 0 Å². The number of anilines is 1. The second-order valence-corrected chi connectivity index (χ2v) is 9.75. The van der Waals surface area contributed by atoms with Crippen LogP contribution in [0.3, 0.4) is 0 Å². The van der Waals surface area contributed by atoms with Crippen molar-refractivity contribution < 1.29 is 9.84 Å². The Hall–Kier alpha value is -2.16. The van der Waals surface area contributed by atoms with E-state index < -0.39 is 0 Å². The summed E-state index contributed by atoms with van der Waals surface area (Å²) in [5.41, 5.74) is 4.60. The highest BCUT2D eigenvalue weighted by Crippen LogP contribution is 2.62. The quantitative estimate of drug-likeness (QED) is 0.722. The molecule has 0 aliphatic heterocycles. The summed E-state index contributed by atoms with van der Waals surface area (Å²) in [5.74, 6) is 3.67. The van der Waals surface area contributed by atoms with Crippen LogP contribution in [0.4, 0.5) is 5.69 Å². The van der Waals surface area contributed by atoms with Crippen molar-refractivity contribution >= 4 is 5.69 Å². The Morgan fingerprint density at radius 2 is 1.93 bits per heavy atom. The van der Waals surface area contributed by atoms with Gasteiger partial charge in [0.1, 0.15) is 11.5 Å². The van der Waals surface area contributed by atoms with Gasteiger partial charge in [0.2, 0.25) is 0 Å². The minimum absolute atomic E-state index is 0.353. The Labute approximate surface area is 174 Å². The number of aromatic hydroxyl groups is 1. The summed E-state index contributed by atoms with van der Waals surface area (Å²) >= 11 is 0. The van der Waals surface area contributed by atoms with Gasteiger partial charge in [-0.3, -0.25) is 0 Å². The molecule has 5 rings (SSSR count). The second-order valence-electron chi connectivity index (χ2n) is 9.75. The summed E-state index contributed by atoms with van der Waals surface area (Å²) in [4.78, 5) is 2.45. The lowest BCUT2D eigenvalue weighted by Gasteiger charge is -2.52. The number of fused-ring (bicyclic) bond motifs is 5. The zero-order valence-electron chi connectivity index (χ0n) is 17.9. The molecule has 1 N–H and O–H groups in total. The number of nitrogens with zero attached hydrogens (tertiary/aromatic N) is 1. The highest BCUT2D eigenvalue weighted by Gasteiger charge is 2.55. The molecule has 3 nitrogen and oxygen atoms in total. The van der Waals surface area contributed by atoms with E-state index in [0.717, 1.165) is 23.3 Å². The fourth-order valence-corrected chi connectivity index (χ4v) is 7.19. The van der Waals surface area contributed by atoms with E-state index in [0.29, 0.717) is 23.1 Å². The molecule has 3 aliphatic carbocycles. The van der Waals surface area contributed by atoms with Gasteiger partial charge in [0, 0.05) is 24.8 Å². The molecular weight excluding hydrogens is 358 g/mol. The largest absolute Gasteiger partial charge is 0.508 e. The van der Waals surface area contributed by atoms with Crippen molar-refractivity contribution in [1.82, 2.24) is 0 Å². The molecule has 5 atom stereocenters. The van der Waals surface area contributed by atoms with Gasteiger partial charge in [-0.15, -0.1) is 0 Å². The van der Waals surface area contributed by atoms with E-state index >= 15 is 0 Å². The lowest BCUT2D eigenvalue weighted by Crippen LogP contribution is -2.49. The van der Waals surface area contributed by atoms with Crippen molar-refractivity contribution in [2.45, 2.75) is 57.4 Å². The molecule has 2 saturated carbocycles. The molecule has 0 unspecified atom stereocenters. The van der Waals surface area contributed by atoms with Gasteiger partial charge in [-0.1, -0.05) is 19.1 Å². The molecule has 3 aliphatic rings. The number of phenolic OH excluding ortho intramolecular Hbond substituents is 1. The van der Waals surface area contributed by atoms with E-state index in [1.165, 1.54) is 44.1 Å². The molecule has 2 aromatic rings. The molecule has 0 heterocycles. The number of ether oxygens (including phenoxy) is 1. The number of hydrogen-bond donors (Lipinski definition) is 1. The summed E-state index contributed by atoms with van der Waals surface area (Å²) in [6.07, 6.45) is 7.67. The molecule has 2 fully saturated rings. The molecule has 0 radical (unpaired) electrons. The minimum atomic E-state index is 0.353. The predicted molar refractivity (Wildman–Crippen MR) is 118 cm³/mol. The van der Waals surface area contributed by atoms with Gasteiger partial charge < -0.3 is 14.7 Å². The Morgan fingerprint density at radius 3 is 2.72 bits per heavy atom. The van der Waals surface area contributed by atoms with Crippen molar-refractivity contribution in [1.29, 1.82) is 0 Å². The molecular formula is C26H33NO2. The molecule has 29 heavy (non-hydrogen) atoms. The van der Waals surface area contributed by atoms with E-state index in [1.54, 1.807) is 18.7 Å². The Balaban J connectivity index is 1.42. The molecule has 3 heteroatoms. The van der Waals surface area contributed by atoms with Crippen molar-refractivity contribution in [3.05, 3.63) is 53.6 Å². The maximum absolute atomic E-state index is 9.95. The van der Waals surface area contributed by atoms with Crippen LogP contribution in [0.15, 0.2) is 42.5 Å². The number of hydrogen-bond acceptors (Lipinski definition) is 3. The summed E-state index contributed by atoms with van der Waals surface area (Å²) in [5, 5.41) is 9.95. The van der Waals surface area contributed by atoms with E-state index in [-0.39, 0.29) is 0 Å². The lowest BCUT2D eigenvalue weighted by molar-refractivity contribution is 0.0486. The van der Waals surface area contributed by atoms with Crippen LogP contribution in [-0.4, -0.2) is 25.3 Å². The van der Waals surface area contributed by atoms with Gasteiger partial charge in [-0.25, -0.2) is 0 Å². The first-order chi connectivity index (χ1) is 14.0. The van der Waals surface area contributed by atoms with Crippen LogP contribution >= 0.6 is 0 Å². The summed E-state index contributed by atoms with van der Waals surface area (Å²) < 4.78 is 5.47. The third kappa shape index (κ3) is 2.93. The fourth-order valence-electron chi connectivity index (χ4n) is 7.19. The maximum atomic E-state index is 9.95. The first-order valence-electron chi connectivity index (χ1n) is 11.2. The van der Waals surface area contributed by atoms with Gasteiger partial charge in [-0.05, 0) is 97.1 Å². The molecule has 0 amide bonds. The highest BCUT2D eigenvalue weighted by atomic mass is 16.5. The van der Waals surface area contributed by atoms with E-state index in [4.69, 9.17) is 4.74 Å². The van der Waals surface area contributed by atoms with Gasteiger partial charge in [-0.2, -0.15) is 0 Å². The first kappa shape index (κ1) is 18.8. The normalized spacial score (nSPS) is 32.8. The third-order valence-electron chi connectivity index (χ3n) is 8.59. The van der Waals surface area contributed by atoms with Gasteiger partial charge in [0.05, 0.1) is 7.11 Å². The van der Waals surface area contributed by atoms with Crippen molar-refractivity contribution in [2.75, 3.05) is 19.1 Å². The zero-order valence-corrected chi connectivity index (χ0v) is 17.9. The van der Waals surface area contributed by atoms with Gasteiger partial charge in [0.15, 0.2) is 0 Å². The number of rotatable bonds is 3. The number of phenols is 1. The third-order valence-corrected chi connectivity index (χ3v) is 8.59. The average molecular weight is 392 g/mol. The fraction of sp³-hybridized carbons (Fsp3) is 0.538. The maximum Gasteiger partial charge on any atom is 0.119 e. The Kier molecular flexibility index (Phi) is 4.53. The van der Waals surface area contributed by atoms with Crippen LogP contribution in [-0.2, 0) is 6.42 Å². The molecule has 154 valence electrons. The van der Waals surface area contributed by atoms with Crippen LogP contribution in [0.25, 0.3) is 0 Å². The first-order valence-corrected chi connectivity index (χ1v) is 11.2. The number of aryl methyl sites for hydroxylation is 1. The molecule has 0 spiro atoms. The topological polar surface area (TPSA) is 32.7 Å². The van der Waals surface area contributed by atoms with Crippen LogP contribution in [0.1, 0.15) is 56.1 Å². The van der Waals surface area contributed by atoms with Crippen LogP contribution < -0.4 is 9.64 Å². The Morgan fingerprint density at radius 1 is 1.07 bits per heavy atom. The summed E-state index contributed by atoms with van der Waals surface area (Å²) in [7, 11) is 3.99. The molecule has 2 aromatic carbocycles. The van der Waals surface area contributed by atoms with Gasteiger partial charge >= 0.3 is 0 Å². The predicted octanol–water partition coefficient (Wildman–Crippen LogP) is 5.76. The van der Waals surface area contributed by atoms with Crippen molar-refractivity contribution in [3.8, 4) is 11.5 Å². The number of benzene rings is 2. The van der Waals surface area contributed by atoms with Crippen molar-refractivity contribution in [3.63, 3.8) is 0 Å². The van der Waals surface area contributed by atoms with Gasteiger partial charge in [0.25, 0.3) is 0 Å². The minimum Gasteiger partial charge on any atom is -0.508 e. The van der Waals surface area contributed by atoms with Crippen molar-refractivity contribution in [2.24, 2.45) is 17.3 Å². The van der Waals surface area contributed by atoms with E-state index in [1.807, 2.05) is 12.1 Å². The second kappa shape index (κ2) is 6.97.